The van der Waals surface area contributed by atoms with Crippen LogP contribution < -0.4 is 5.32 Å². The lowest BCUT2D eigenvalue weighted by atomic mass is 10.0. The van der Waals surface area contributed by atoms with E-state index in [9.17, 15) is 0 Å². The van der Waals surface area contributed by atoms with Crippen LogP contribution in [0.4, 0.5) is 5.82 Å². The average molecular weight is 334 g/mol. The molecule has 0 spiro atoms. The van der Waals surface area contributed by atoms with Crippen LogP contribution in [0, 0.1) is 6.92 Å². The van der Waals surface area contributed by atoms with Crippen LogP contribution in [0.5, 0.6) is 0 Å². The number of fused-ring (bicyclic) bond motifs is 1. The first-order chi connectivity index (χ1) is 12.2. The predicted molar refractivity (Wildman–Crippen MR) is 106 cm³/mol. The molecule has 0 saturated carbocycles. The fourth-order valence-corrected chi connectivity index (χ4v) is 3.23. The molecule has 0 amide bonds. The molecule has 1 N–H and O–H groups in total. The molecule has 0 unspecified atom stereocenters. The average Bonchev–Trinajstić information content (AvgIpc) is 2.66. The molecule has 4 heteroatoms. The van der Waals surface area contributed by atoms with Gasteiger partial charge in [0.25, 0.3) is 0 Å². The molecular weight excluding hydrogens is 308 g/mol. The van der Waals surface area contributed by atoms with Crippen molar-refractivity contribution in [3.8, 4) is 11.3 Å². The highest BCUT2D eigenvalue weighted by Crippen LogP contribution is 2.33. The van der Waals surface area contributed by atoms with Crippen molar-refractivity contribution >= 4 is 16.6 Å². The van der Waals surface area contributed by atoms with Crippen molar-refractivity contribution in [3.05, 3.63) is 54.4 Å². The number of pyridine rings is 2. The van der Waals surface area contributed by atoms with Gasteiger partial charge in [0.15, 0.2) is 0 Å². The van der Waals surface area contributed by atoms with Gasteiger partial charge < -0.3 is 10.2 Å². The number of nitrogens with zero attached hydrogens (tertiary/aromatic N) is 3. The Labute approximate surface area is 149 Å². The monoisotopic (exact) mass is 334 g/mol. The fraction of sp³-hybridized carbons (Fsp3) is 0.333. The first kappa shape index (κ1) is 17.4. The van der Waals surface area contributed by atoms with Gasteiger partial charge in [-0.3, -0.25) is 4.98 Å². The molecular formula is C21H26N4. The molecule has 0 aliphatic carbocycles. The van der Waals surface area contributed by atoms with E-state index >= 15 is 0 Å². The molecule has 0 aliphatic rings. The van der Waals surface area contributed by atoms with Crippen LogP contribution in [0.1, 0.15) is 19.5 Å². The maximum atomic E-state index is 4.86. The fourth-order valence-electron chi connectivity index (χ4n) is 3.23. The van der Waals surface area contributed by atoms with E-state index < -0.39 is 0 Å². The van der Waals surface area contributed by atoms with E-state index in [0.29, 0.717) is 0 Å². The standard InChI is InChI=1S/C21H26N4/c1-4-25(5-2)15-14-23-21-18-11-7-6-10-17(18)20(16(3)24-21)19-12-8-9-13-22-19/h6-13H,4-5,14-15H2,1-3H3,(H,23,24). The highest BCUT2D eigenvalue weighted by Gasteiger charge is 2.13. The number of hydrogen-bond donors (Lipinski definition) is 1. The number of rotatable bonds is 7. The first-order valence-corrected chi connectivity index (χ1v) is 9.01. The summed E-state index contributed by atoms with van der Waals surface area (Å²) in [6.45, 7) is 10.5. The van der Waals surface area contributed by atoms with Gasteiger partial charge in [0, 0.05) is 35.9 Å². The van der Waals surface area contributed by atoms with Gasteiger partial charge in [0.1, 0.15) is 5.82 Å². The van der Waals surface area contributed by atoms with E-state index in [-0.39, 0.29) is 0 Å². The third-order valence-corrected chi connectivity index (χ3v) is 4.63. The second-order valence-electron chi connectivity index (χ2n) is 6.14. The van der Waals surface area contributed by atoms with Crippen molar-refractivity contribution in [3.63, 3.8) is 0 Å². The maximum Gasteiger partial charge on any atom is 0.134 e. The Bertz CT molecular complexity index is 826. The molecule has 2 heterocycles. The van der Waals surface area contributed by atoms with Crippen molar-refractivity contribution in [2.45, 2.75) is 20.8 Å². The molecule has 0 aliphatic heterocycles. The Kier molecular flexibility index (Phi) is 5.61. The molecule has 3 aromatic rings. The Hall–Kier alpha value is -2.46. The summed E-state index contributed by atoms with van der Waals surface area (Å²) in [6.07, 6.45) is 1.83. The van der Waals surface area contributed by atoms with E-state index in [0.717, 1.165) is 54.3 Å². The second-order valence-corrected chi connectivity index (χ2v) is 6.14. The van der Waals surface area contributed by atoms with Gasteiger partial charge in [0.2, 0.25) is 0 Å². The smallest absolute Gasteiger partial charge is 0.134 e. The number of benzene rings is 1. The molecule has 25 heavy (non-hydrogen) atoms. The van der Waals surface area contributed by atoms with Crippen LogP contribution in [0.2, 0.25) is 0 Å². The largest absolute Gasteiger partial charge is 0.368 e. The van der Waals surface area contributed by atoms with E-state index in [2.05, 4.69) is 60.2 Å². The zero-order valence-electron chi connectivity index (χ0n) is 15.3. The normalized spacial score (nSPS) is 11.2. The van der Waals surface area contributed by atoms with Crippen molar-refractivity contribution in [2.75, 3.05) is 31.5 Å². The molecule has 2 aromatic heterocycles. The highest BCUT2D eigenvalue weighted by molar-refractivity contribution is 6.02. The lowest BCUT2D eigenvalue weighted by Crippen LogP contribution is -2.28. The number of aryl methyl sites for hydroxylation is 1. The Morgan fingerprint density at radius 1 is 0.960 bits per heavy atom. The number of anilines is 1. The SMILES string of the molecule is CCN(CC)CCNc1nc(C)c(-c2ccccn2)c2ccccc12. The minimum atomic E-state index is 0.890. The Morgan fingerprint density at radius 2 is 1.68 bits per heavy atom. The van der Waals surface area contributed by atoms with Crippen LogP contribution in [0.15, 0.2) is 48.7 Å². The third-order valence-electron chi connectivity index (χ3n) is 4.63. The number of likely N-dealkylation sites (N-methyl/N-ethyl adjacent to an activating group) is 1. The molecule has 130 valence electrons. The summed E-state index contributed by atoms with van der Waals surface area (Å²) in [7, 11) is 0. The lowest BCUT2D eigenvalue weighted by Gasteiger charge is -2.19. The molecule has 0 fully saturated rings. The first-order valence-electron chi connectivity index (χ1n) is 9.01. The van der Waals surface area contributed by atoms with Crippen molar-refractivity contribution in [2.24, 2.45) is 0 Å². The van der Waals surface area contributed by atoms with Gasteiger partial charge in [-0.1, -0.05) is 44.2 Å². The molecule has 1 aromatic carbocycles. The zero-order chi connectivity index (χ0) is 17.6. The van der Waals surface area contributed by atoms with E-state index in [1.165, 1.54) is 5.39 Å². The van der Waals surface area contributed by atoms with Gasteiger partial charge in [0.05, 0.1) is 5.69 Å². The van der Waals surface area contributed by atoms with E-state index in [1.807, 2.05) is 24.4 Å². The van der Waals surface area contributed by atoms with Crippen molar-refractivity contribution in [1.82, 2.24) is 14.9 Å². The molecule has 0 bridgehead atoms. The van der Waals surface area contributed by atoms with E-state index in [1.54, 1.807) is 0 Å². The molecule has 0 atom stereocenters. The number of hydrogen-bond acceptors (Lipinski definition) is 4. The second kappa shape index (κ2) is 8.08. The summed E-state index contributed by atoms with van der Waals surface area (Å²) in [6, 6.07) is 14.4. The van der Waals surface area contributed by atoms with Gasteiger partial charge in [-0.05, 0) is 37.5 Å². The predicted octanol–water partition coefficient (Wildman–Crippen LogP) is 4.36. The van der Waals surface area contributed by atoms with E-state index in [4.69, 9.17) is 4.98 Å². The topological polar surface area (TPSA) is 41.0 Å². The summed E-state index contributed by atoms with van der Waals surface area (Å²) in [5.74, 6) is 0.958. The third kappa shape index (κ3) is 3.80. The van der Waals surface area contributed by atoms with Crippen LogP contribution in [0.25, 0.3) is 22.0 Å². The zero-order valence-corrected chi connectivity index (χ0v) is 15.3. The van der Waals surface area contributed by atoms with Gasteiger partial charge >= 0.3 is 0 Å². The van der Waals surface area contributed by atoms with Crippen LogP contribution in [-0.4, -0.2) is 41.0 Å². The summed E-state index contributed by atoms with van der Waals surface area (Å²) in [5, 5.41) is 5.87. The molecule has 0 saturated heterocycles. The molecule has 0 radical (unpaired) electrons. The summed E-state index contributed by atoms with van der Waals surface area (Å²) in [4.78, 5) is 11.8. The highest BCUT2D eigenvalue weighted by atomic mass is 15.1. The van der Waals surface area contributed by atoms with Crippen molar-refractivity contribution < 1.29 is 0 Å². The van der Waals surface area contributed by atoms with Gasteiger partial charge in [-0.15, -0.1) is 0 Å². The summed E-state index contributed by atoms with van der Waals surface area (Å²) < 4.78 is 0. The maximum absolute atomic E-state index is 4.86. The minimum Gasteiger partial charge on any atom is -0.368 e. The van der Waals surface area contributed by atoms with Crippen LogP contribution in [0.3, 0.4) is 0 Å². The minimum absolute atomic E-state index is 0.890. The lowest BCUT2D eigenvalue weighted by molar-refractivity contribution is 0.316. The number of aromatic nitrogens is 2. The molecule has 4 nitrogen and oxygen atoms in total. The quantitative estimate of drug-likeness (QED) is 0.697. The Balaban J connectivity index is 1.97. The van der Waals surface area contributed by atoms with Gasteiger partial charge in [-0.2, -0.15) is 0 Å². The number of nitrogens with one attached hydrogen (secondary N) is 1. The van der Waals surface area contributed by atoms with Crippen LogP contribution in [-0.2, 0) is 0 Å². The summed E-state index contributed by atoms with van der Waals surface area (Å²) in [5.41, 5.74) is 3.09. The van der Waals surface area contributed by atoms with Crippen molar-refractivity contribution in [1.29, 1.82) is 0 Å². The van der Waals surface area contributed by atoms with Crippen LogP contribution >= 0.6 is 0 Å². The summed E-state index contributed by atoms with van der Waals surface area (Å²) >= 11 is 0. The van der Waals surface area contributed by atoms with Gasteiger partial charge in [-0.25, -0.2) is 4.98 Å². The Morgan fingerprint density at radius 3 is 2.36 bits per heavy atom. The molecule has 3 rings (SSSR count).